The zero-order chi connectivity index (χ0) is 31.7. The molecule has 0 aromatic heterocycles. The number of hydrogen-bond donors (Lipinski definition) is 1. The molecule has 9 nitrogen and oxygen atoms in total. The van der Waals surface area contributed by atoms with Crippen LogP contribution in [0.3, 0.4) is 0 Å². The molecule has 11 heteroatoms. The Morgan fingerprint density at radius 2 is 1.55 bits per heavy atom. The van der Waals surface area contributed by atoms with Crippen molar-refractivity contribution in [2.75, 3.05) is 24.6 Å². The van der Waals surface area contributed by atoms with E-state index in [1.54, 1.807) is 31.4 Å². The van der Waals surface area contributed by atoms with Crippen LogP contribution in [-0.4, -0.2) is 57.5 Å². The summed E-state index contributed by atoms with van der Waals surface area (Å²) in [5.41, 5.74) is 0.857. The molecular weight excluding hydrogens is 585 g/mol. The second kappa shape index (κ2) is 15.1. The zero-order valence-electron chi connectivity index (χ0n) is 25.4. The molecule has 0 heterocycles. The Balaban J connectivity index is 1.70. The number of carbonyl (C=O) groups excluding carboxylic acids is 2. The van der Waals surface area contributed by atoms with Crippen molar-refractivity contribution in [1.82, 2.24) is 10.2 Å². The highest BCUT2D eigenvalue weighted by molar-refractivity contribution is 7.92. The van der Waals surface area contributed by atoms with E-state index in [-0.39, 0.29) is 29.1 Å². The topological polar surface area (TPSA) is 105 Å². The number of sulfonamides is 1. The molecule has 0 radical (unpaired) electrons. The van der Waals surface area contributed by atoms with Crippen LogP contribution >= 0.6 is 0 Å². The molecule has 3 aromatic carbocycles. The largest absolute Gasteiger partial charge is 0.497 e. The summed E-state index contributed by atoms with van der Waals surface area (Å²) in [6, 6.07) is 17.1. The SMILES string of the molecule is CCOc1ccc(S(=O)(=O)N(CC(=O)N(Cc2ccc(OC)cc2)[C@@H](CC)C(=O)NC2CCCC2)c2ccc(F)cc2)cc1. The van der Waals surface area contributed by atoms with Gasteiger partial charge in [0.15, 0.2) is 0 Å². The average Bonchev–Trinajstić information content (AvgIpc) is 3.54. The predicted molar refractivity (Wildman–Crippen MR) is 167 cm³/mol. The molecule has 3 aromatic rings. The molecule has 2 amide bonds. The van der Waals surface area contributed by atoms with Crippen LogP contribution < -0.4 is 19.1 Å². The van der Waals surface area contributed by atoms with E-state index in [0.717, 1.165) is 47.7 Å². The molecule has 1 fully saturated rings. The van der Waals surface area contributed by atoms with E-state index in [2.05, 4.69) is 5.32 Å². The fourth-order valence-corrected chi connectivity index (χ4v) is 6.77. The molecule has 1 aliphatic rings. The summed E-state index contributed by atoms with van der Waals surface area (Å²) in [5, 5.41) is 3.09. The maximum absolute atomic E-state index is 14.2. The minimum atomic E-state index is -4.29. The summed E-state index contributed by atoms with van der Waals surface area (Å²) in [6.07, 6.45) is 4.15. The van der Waals surface area contributed by atoms with Crippen LogP contribution in [0.1, 0.15) is 51.5 Å². The van der Waals surface area contributed by atoms with Crippen molar-refractivity contribution in [2.24, 2.45) is 0 Å². The third-order valence-electron chi connectivity index (χ3n) is 7.72. The second-order valence-electron chi connectivity index (χ2n) is 10.7. The van der Waals surface area contributed by atoms with Crippen LogP contribution in [0.15, 0.2) is 77.7 Å². The number of halogens is 1. The van der Waals surface area contributed by atoms with Gasteiger partial charge >= 0.3 is 0 Å². The first kappa shape index (κ1) is 32.8. The van der Waals surface area contributed by atoms with Crippen molar-refractivity contribution in [2.45, 2.75) is 69.5 Å². The Hall–Kier alpha value is -4.12. The van der Waals surface area contributed by atoms with Gasteiger partial charge in [0.05, 0.1) is 24.3 Å². The fraction of sp³-hybridized carbons (Fsp3) is 0.394. The van der Waals surface area contributed by atoms with Crippen molar-refractivity contribution >= 4 is 27.5 Å². The quantitative estimate of drug-likeness (QED) is 0.261. The van der Waals surface area contributed by atoms with E-state index in [4.69, 9.17) is 9.47 Å². The number of nitrogens with zero attached hydrogens (tertiary/aromatic N) is 2. The molecule has 0 saturated heterocycles. The number of amides is 2. The van der Waals surface area contributed by atoms with E-state index in [1.807, 2.05) is 13.8 Å². The highest BCUT2D eigenvalue weighted by Gasteiger charge is 2.34. The monoisotopic (exact) mass is 625 g/mol. The first-order valence-electron chi connectivity index (χ1n) is 14.9. The van der Waals surface area contributed by atoms with Gasteiger partial charge in [-0.05, 0) is 92.4 Å². The van der Waals surface area contributed by atoms with Gasteiger partial charge in [0.25, 0.3) is 10.0 Å². The molecule has 236 valence electrons. The third kappa shape index (κ3) is 8.07. The maximum atomic E-state index is 14.2. The summed E-state index contributed by atoms with van der Waals surface area (Å²) in [4.78, 5) is 29.1. The smallest absolute Gasteiger partial charge is 0.264 e. The Morgan fingerprint density at radius 1 is 0.932 bits per heavy atom. The Bertz CT molecular complexity index is 1490. The molecule has 0 spiro atoms. The van der Waals surface area contributed by atoms with E-state index >= 15 is 0 Å². The number of carbonyl (C=O) groups is 2. The predicted octanol–water partition coefficient (Wildman–Crippen LogP) is 5.29. The maximum Gasteiger partial charge on any atom is 0.264 e. The average molecular weight is 626 g/mol. The molecule has 1 saturated carbocycles. The van der Waals surface area contributed by atoms with Crippen molar-refractivity contribution < 1.29 is 31.9 Å². The van der Waals surface area contributed by atoms with E-state index in [0.29, 0.717) is 24.5 Å². The number of anilines is 1. The van der Waals surface area contributed by atoms with E-state index < -0.39 is 34.3 Å². The van der Waals surface area contributed by atoms with Crippen LogP contribution in [-0.2, 0) is 26.2 Å². The molecular formula is C33H40FN3O6S. The summed E-state index contributed by atoms with van der Waals surface area (Å²) < 4.78 is 53.5. The van der Waals surface area contributed by atoms with Crippen molar-refractivity contribution in [3.8, 4) is 11.5 Å². The number of ether oxygens (including phenoxy) is 2. The van der Waals surface area contributed by atoms with Crippen molar-refractivity contribution in [1.29, 1.82) is 0 Å². The molecule has 0 aliphatic heterocycles. The first-order valence-corrected chi connectivity index (χ1v) is 16.3. The van der Waals surface area contributed by atoms with Crippen molar-refractivity contribution in [3.63, 3.8) is 0 Å². The zero-order valence-corrected chi connectivity index (χ0v) is 26.2. The number of hydrogen-bond acceptors (Lipinski definition) is 6. The van der Waals surface area contributed by atoms with Gasteiger partial charge in [0, 0.05) is 12.6 Å². The summed E-state index contributed by atoms with van der Waals surface area (Å²) >= 11 is 0. The van der Waals surface area contributed by atoms with Gasteiger partial charge in [-0.2, -0.15) is 0 Å². The highest BCUT2D eigenvalue weighted by Crippen LogP contribution is 2.27. The Labute approximate surface area is 259 Å². The molecule has 4 rings (SSSR count). The lowest BCUT2D eigenvalue weighted by Crippen LogP contribution is -2.53. The molecule has 44 heavy (non-hydrogen) atoms. The number of benzene rings is 3. The van der Waals surface area contributed by atoms with Crippen LogP contribution in [0, 0.1) is 5.82 Å². The van der Waals surface area contributed by atoms with Crippen molar-refractivity contribution in [3.05, 3.63) is 84.2 Å². The second-order valence-corrected chi connectivity index (χ2v) is 12.5. The highest BCUT2D eigenvalue weighted by atomic mass is 32.2. The van der Waals surface area contributed by atoms with Gasteiger partial charge in [0.1, 0.15) is 29.9 Å². The van der Waals surface area contributed by atoms with E-state index in [9.17, 15) is 22.4 Å². The van der Waals surface area contributed by atoms with Crippen LogP contribution in [0.5, 0.6) is 11.5 Å². The van der Waals surface area contributed by atoms with Crippen LogP contribution in [0.25, 0.3) is 0 Å². The Kier molecular flexibility index (Phi) is 11.2. The minimum absolute atomic E-state index is 0.0465. The number of nitrogens with one attached hydrogen (secondary N) is 1. The number of rotatable bonds is 14. The normalized spacial score (nSPS) is 14.1. The summed E-state index contributed by atoms with van der Waals surface area (Å²) in [5.74, 6) is -0.256. The van der Waals surface area contributed by atoms with E-state index in [1.165, 1.54) is 41.3 Å². The van der Waals surface area contributed by atoms with Crippen LogP contribution in [0.4, 0.5) is 10.1 Å². The molecule has 0 bridgehead atoms. The molecule has 0 unspecified atom stereocenters. The lowest BCUT2D eigenvalue weighted by atomic mass is 10.1. The summed E-state index contributed by atoms with van der Waals surface area (Å²) in [6.45, 7) is 3.52. The van der Waals surface area contributed by atoms with Gasteiger partial charge in [-0.25, -0.2) is 12.8 Å². The van der Waals surface area contributed by atoms with Gasteiger partial charge < -0.3 is 19.7 Å². The number of methoxy groups -OCH3 is 1. The minimum Gasteiger partial charge on any atom is -0.497 e. The standard InChI is InChI=1S/C33H40FN3O6S/c1-4-31(33(39)35-26-8-6-7-9-26)36(22-24-10-16-28(42-3)17-11-24)32(38)23-37(27-14-12-25(34)13-15-27)44(40,41)30-20-18-29(19-21-30)43-5-2/h10-21,26,31H,4-9,22-23H2,1-3H3,(H,35,39)/t31-/m0/s1. The van der Waals surface area contributed by atoms with Gasteiger partial charge in [-0.15, -0.1) is 0 Å². The van der Waals surface area contributed by atoms with Crippen LogP contribution in [0.2, 0.25) is 0 Å². The summed E-state index contributed by atoms with van der Waals surface area (Å²) in [7, 11) is -2.73. The molecule has 1 atom stereocenters. The molecule has 1 N–H and O–H groups in total. The van der Waals surface area contributed by atoms with Gasteiger partial charge in [0.2, 0.25) is 11.8 Å². The molecule has 1 aliphatic carbocycles. The fourth-order valence-electron chi connectivity index (χ4n) is 5.35. The van der Waals surface area contributed by atoms with Gasteiger partial charge in [-0.3, -0.25) is 13.9 Å². The Morgan fingerprint density at radius 3 is 2.11 bits per heavy atom. The lowest BCUT2D eigenvalue weighted by Gasteiger charge is -2.33. The first-order chi connectivity index (χ1) is 21.2. The van der Waals surface area contributed by atoms with Gasteiger partial charge in [-0.1, -0.05) is 31.9 Å². The lowest BCUT2D eigenvalue weighted by molar-refractivity contribution is -0.140. The third-order valence-corrected chi connectivity index (χ3v) is 9.50.